The van der Waals surface area contributed by atoms with Crippen LogP contribution in [0, 0.1) is 0 Å². The average molecular weight is 254 g/mol. The number of nitrogens with one attached hydrogen (secondary N) is 2. The van der Waals surface area contributed by atoms with E-state index in [0.29, 0.717) is 12.5 Å². The number of likely N-dealkylation sites (N-methyl/N-ethyl adjacent to an activating group) is 1. The highest BCUT2D eigenvalue weighted by Gasteiger charge is 2.22. The molecule has 5 nitrogen and oxygen atoms in total. The molecule has 1 saturated heterocycles. The van der Waals surface area contributed by atoms with E-state index in [1.54, 1.807) is 0 Å². The Balaban J connectivity index is 1.50. The van der Waals surface area contributed by atoms with Crippen LogP contribution in [0.25, 0.3) is 0 Å². The van der Waals surface area contributed by atoms with Gasteiger partial charge in [0.25, 0.3) is 0 Å². The lowest BCUT2D eigenvalue weighted by atomic mass is 10.3. The van der Waals surface area contributed by atoms with Crippen molar-refractivity contribution < 1.29 is 4.79 Å². The highest BCUT2D eigenvalue weighted by molar-refractivity contribution is 5.76. The molecule has 1 heterocycles. The highest BCUT2D eigenvalue weighted by Crippen LogP contribution is 2.18. The topological polar surface area (TPSA) is 47.6 Å². The third-order valence-electron chi connectivity index (χ3n) is 3.67. The van der Waals surface area contributed by atoms with Crippen LogP contribution in [-0.2, 0) is 4.79 Å². The summed E-state index contributed by atoms with van der Waals surface area (Å²) in [7, 11) is 2.10. The second-order valence-electron chi connectivity index (χ2n) is 5.49. The lowest BCUT2D eigenvalue weighted by Gasteiger charge is -2.29. The first-order valence-corrected chi connectivity index (χ1v) is 7.15. The second kappa shape index (κ2) is 7.07. The first-order chi connectivity index (χ1) is 8.74. The maximum absolute atomic E-state index is 11.5. The summed E-state index contributed by atoms with van der Waals surface area (Å²) in [5.74, 6) is 0.214. The Kier molecular flexibility index (Phi) is 5.41. The molecule has 2 fully saturated rings. The average Bonchev–Trinajstić information content (AvgIpc) is 3.19. The molecular weight excluding hydrogens is 228 g/mol. The van der Waals surface area contributed by atoms with Crippen molar-refractivity contribution in [3.05, 3.63) is 0 Å². The summed E-state index contributed by atoms with van der Waals surface area (Å²) in [5, 5.41) is 6.39. The van der Waals surface area contributed by atoms with Crippen LogP contribution in [-0.4, -0.2) is 74.6 Å². The molecule has 1 saturated carbocycles. The van der Waals surface area contributed by atoms with Crippen LogP contribution in [0.1, 0.15) is 19.3 Å². The summed E-state index contributed by atoms with van der Waals surface area (Å²) in [6.07, 6.45) is 2.98. The standard InChI is InChI=1S/C13H26N4O/c1-16(7-4-13(18)15-12-2-3-12)10-11-17-8-5-14-6-9-17/h12,14H,2-11H2,1H3,(H,15,18). The van der Waals surface area contributed by atoms with Gasteiger partial charge < -0.3 is 15.5 Å². The van der Waals surface area contributed by atoms with Gasteiger partial charge in [-0.3, -0.25) is 9.69 Å². The molecule has 5 heteroatoms. The summed E-state index contributed by atoms with van der Waals surface area (Å²) in [5.41, 5.74) is 0. The van der Waals surface area contributed by atoms with E-state index < -0.39 is 0 Å². The largest absolute Gasteiger partial charge is 0.353 e. The summed E-state index contributed by atoms with van der Waals surface area (Å²) in [6.45, 7) is 7.54. The van der Waals surface area contributed by atoms with Gasteiger partial charge in [-0.05, 0) is 19.9 Å². The Morgan fingerprint density at radius 3 is 2.72 bits per heavy atom. The smallest absolute Gasteiger partial charge is 0.221 e. The number of nitrogens with zero attached hydrogens (tertiary/aromatic N) is 2. The van der Waals surface area contributed by atoms with Crippen LogP contribution in [0.2, 0.25) is 0 Å². The zero-order valence-electron chi connectivity index (χ0n) is 11.5. The molecule has 0 spiro atoms. The van der Waals surface area contributed by atoms with Gasteiger partial charge in [-0.25, -0.2) is 0 Å². The lowest BCUT2D eigenvalue weighted by Crippen LogP contribution is -2.46. The number of hydrogen-bond donors (Lipinski definition) is 2. The van der Waals surface area contributed by atoms with Crippen LogP contribution in [0.4, 0.5) is 0 Å². The van der Waals surface area contributed by atoms with Crippen LogP contribution in [0.15, 0.2) is 0 Å². The predicted molar refractivity (Wildman–Crippen MR) is 72.6 cm³/mol. The van der Waals surface area contributed by atoms with E-state index in [2.05, 4.69) is 27.5 Å². The molecule has 0 aromatic rings. The minimum atomic E-state index is 0.214. The molecule has 2 aliphatic rings. The fraction of sp³-hybridized carbons (Fsp3) is 0.923. The third kappa shape index (κ3) is 5.33. The first-order valence-electron chi connectivity index (χ1n) is 7.15. The molecule has 1 aliphatic carbocycles. The van der Waals surface area contributed by atoms with Gasteiger partial charge in [0.2, 0.25) is 5.91 Å². The fourth-order valence-electron chi connectivity index (χ4n) is 2.18. The number of amides is 1. The summed E-state index contributed by atoms with van der Waals surface area (Å²) in [4.78, 5) is 16.3. The van der Waals surface area contributed by atoms with E-state index in [1.807, 2.05) is 0 Å². The maximum Gasteiger partial charge on any atom is 0.221 e. The number of piperazine rings is 1. The molecule has 0 aromatic heterocycles. The normalized spacial score (nSPS) is 21.2. The third-order valence-corrected chi connectivity index (χ3v) is 3.67. The molecule has 0 bridgehead atoms. The molecule has 0 unspecified atom stereocenters. The van der Waals surface area contributed by atoms with Gasteiger partial charge in [0, 0.05) is 58.3 Å². The molecule has 1 amide bonds. The predicted octanol–water partition coefficient (Wildman–Crippen LogP) is -0.508. The quantitative estimate of drug-likeness (QED) is 0.642. The van der Waals surface area contributed by atoms with Gasteiger partial charge in [-0.2, -0.15) is 0 Å². The first kappa shape index (κ1) is 13.8. The Labute approximate surface area is 110 Å². The van der Waals surface area contributed by atoms with Crippen LogP contribution >= 0.6 is 0 Å². The van der Waals surface area contributed by atoms with Crippen molar-refractivity contribution in [3.8, 4) is 0 Å². The number of carbonyl (C=O) groups is 1. The monoisotopic (exact) mass is 254 g/mol. The van der Waals surface area contributed by atoms with Crippen LogP contribution in [0.3, 0.4) is 0 Å². The molecule has 1 aliphatic heterocycles. The highest BCUT2D eigenvalue weighted by atomic mass is 16.1. The zero-order valence-corrected chi connectivity index (χ0v) is 11.5. The van der Waals surface area contributed by atoms with E-state index in [-0.39, 0.29) is 5.91 Å². The van der Waals surface area contributed by atoms with E-state index in [0.717, 1.165) is 45.8 Å². The second-order valence-corrected chi connectivity index (χ2v) is 5.49. The summed E-state index contributed by atoms with van der Waals surface area (Å²) < 4.78 is 0. The summed E-state index contributed by atoms with van der Waals surface area (Å²) >= 11 is 0. The number of carbonyl (C=O) groups excluding carboxylic acids is 1. The van der Waals surface area contributed by atoms with Gasteiger partial charge in [0.15, 0.2) is 0 Å². The summed E-state index contributed by atoms with van der Waals surface area (Å²) in [6, 6.07) is 0.489. The zero-order chi connectivity index (χ0) is 12.8. The minimum absolute atomic E-state index is 0.214. The molecule has 2 N–H and O–H groups in total. The molecule has 2 rings (SSSR count). The molecule has 0 radical (unpaired) electrons. The number of hydrogen-bond acceptors (Lipinski definition) is 4. The molecule has 0 aromatic carbocycles. The molecule has 104 valence electrons. The van der Waals surface area contributed by atoms with E-state index in [9.17, 15) is 4.79 Å². The van der Waals surface area contributed by atoms with Gasteiger partial charge in [0.05, 0.1) is 0 Å². The minimum Gasteiger partial charge on any atom is -0.353 e. The molecule has 0 atom stereocenters. The van der Waals surface area contributed by atoms with Gasteiger partial charge in [-0.15, -0.1) is 0 Å². The van der Waals surface area contributed by atoms with Crippen molar-refractivity contribution in [3.63, 3.8) is 0 Å². The Hall–Kier alpha value is -0.650. The maximum atomic E-state index is 11.5. The van der Waals surface area contributed by atoms with Gasteiger partial charge in [0.1, 0.15) is 0 Å². The van der Waals surface area contributed by atoms with Crippen molar-refractivity contribution >= 4 is 5.91 Å². The van der Waals surface area contributed by atoms with Crippen molar-refractivity contribution in [1.29, 1.82) is 0 Å². The Bertz CT molecular complexity index is 262. The van der Waals surface area contributed by atoms with Crippen molar-refractivity contribution in [2.45, 2.75) is 25.3 Å². The SMILES string of the molecule is CN(CCC(=O)NC1CC1)CCN1CCNCC1. The fourth-order valence-corrected chi connectivity index (χ4v) is 2.18. The van der Waals surface area contributed by atoms with Crippen LogP contribution in [0.5, 0.6) is 0 Å². The van der Waals surface area contributed by atoms with E-state index in [4.69, 9.17) is 0 Å². The Morgan fingerprint density at radius 1 is 1.33 bits per heavy atom. The Morgan fingerprint density at radius 2 is 2.06 bits per heavy atom. The molecular formula is C13H26N4O. The van der Waals surface area contributed by atoms with Crippen molar-refractivity contribution in [1.82, 2.24) is 20.4 Å². The van der Waals surface area contributed by atoms with Gasteiger partial charge >= 0.3 is 0 Å². The molecule has 18 heavy (non-hydrogen) atoms. The van der Waals surface area contributed by atoms with E-state index in [1.165, 1.54) is 12.8 Å². The van der Waals surface area contributed by atoms with Crippen molar-refractivity contribution in [2.24, 2.45) is 0 Å². The lowest BCUT2D eigenvalue weighted by molar-refractivity contribution is -0.121. The van der Waals surface area contributed by atoms with Gasteiger partial charge in [-0.1, -0.05) is 0 Å². The number of rotatable bonds is 7. The van der Waals surface area contributed by atoms with E-state index >= 15 is 0 Å². The van der Waals surface area contributed by atoms with Crippen LogP contribution < -0.4 is 10.6 Å². The van der Waals surface area contributed by atoms with Crippen molar-refractivity contribution in [2.75, 3.05) is 52.9 Å².